The molecule has 0 heterocycles. The quantitative estimate of drug-likeness (QED) is 0.535. The lowest BCUT2D eigenvalue weighted by molar-refractivity contribution is -0.142. The van der Waals surface area contributed by atoms with Crippen molar-refractivity contribution in [2.45, 2.75) is 39.2 Å². The molecule has 1 atom stereocenters. The zero-order valence-corrected chi connectivity index (χ0v) is 9.32. The number of amides is 1. The van der Waals surface area contributed by atoms with E-state index in [0.717, 1.165) is 6.42 Å². The van der Waals surface area contributed by atoms with E-state index < -0.39 is 12.0 Å². The van der Waals surface area contributed by atoms with Crippen LogP contribution in [-0.4, -0.2) is 29.6 Å². The molecule has 0 radical (unpaired) electrons. The highest BCUT2D eigenvalue weighted by Crippen LogP contribution is 2.02. The van der Waals surface area contributed by atoms with Crippen LogP contribution in [0.3, 0.4) is 0 Å². The molecule has 5 heteroatoms. The van der Waals surface area contributed by atoms with Crippen LogP contribution in [0.1, 0.15) is 33.1 Å². The molecule has 15 heavy (non-hydrogen) atoms. The van der Waals surface area contributed by atoms with Crippen molar-refractivity contribution in [3.8, 4) is 0 Å². The third-order valence-corrected chi connectivity index (χ3v) is 2.09. The highest BCUT2D eigenvalue weighted by Gasteiger charge is 2.20. The normalized spacial score (nSPS) is 12.5. The molecule has 0 spiro atoms. The highest BCUT2D eigenvalue weighted by atomic mass is 16.4. The monoisotopic (exact) mass is 216 g/mol. The first-order chi connectivity index (χ1) is 6.99. The van der Waals surface area contributed by atoms with Gasteiger partial charge < -0.3 is 16.2 Å². The van der Waals surface area contributed by atoms with Gasteiger partial charge in [-0.15, -0.1) is 0 Å². The first-order valence-corrected chi connectivity index (χ1v) is 5.22. The molecule has 1 amide bonds. The zero-order valence-electron chi connectivity index (χ0n) is 9.32. The fourth-order valence-electron chi connectivity index (χ4n) is 1.09. The number of rotatable bonds is 7. The lowest BCUT2D eigenvalue weighted by atomic mass is 10.1. The number of carboxylic acid groups (broad SMARTS) is 1. The van der Waals surface area contributed by atoms with Gasteiger partial charge in [0.2, 0.25) is 5.91 Å². The van der Waals surface area contributed by atoms with Crippen LogP contribution in [0.4, 0.5) is 0 Å². The van der Waals surface area contributed by atoms with Gasteiger partial charge in [0.25, 0.3) is 0 Å². The Bertz CT molecular complexity index is 217. The topological polar surface area (TPSA) is 92.4 Å². The summed E-state index contributed by atoms with van der Waals surface area (Å²) in [4.78, 5) is 22.1. The molecule has 0 aromatic carbocycles. The van der Waals surface area contributed by atoms with Crippen molar-refractivity contribution in [1.82, 2.24) is 5.32 Å². The number of aliphatic carboxylic acids is 1. The fraction of sp³-hybridized carbons (Fsp3) is 0.800. The van der Waals surface area contributed by atoms with E-state index in [9.17, 15) is 9.59 Å². The van der Waals surface area contributed by atoms with Crippen LogP contribution in [0.5, 0.6) is 0 Å². The number of carboxylic acids is 1. The van der Waals surface area contributed by atoms with Gasteiger partial charge in [-0.3, -0.25) is 4.79 Å². The summed E-state index contributed by atoms with van der Waals surface area (Å²) in [6.45, 7) is 4.01. The van der Waals surface area contributed by atoms with E-state index in [1.54, 1.807) is 13.8 Å². The average molecular weight is 216 g/mol. The van der Waals surface area contributed by atoms with E-state index in [-0.39, 0.29) is 11.8 Å². The molecule has 88 valence electrons. The predicted molar refractivity (Wildman–Crippen MR) is 57.3 cm³/mol. The Labute approximate surface area is 90.0 Å². The third kappa shape index (κ3) is 6.06. The predicted octanol–water partition coefficient (Wildman–Crippen LogP) is 0.341. The second kappa shape index (κ2) is 7.23. The summed E-state index contributed by atoms with van der Waals surface area (Å²) in [5, 5.41) is 11.4. The Balaban J connectivity index is 4.05. The Hall–Kier alpha value is -1.10. The second-order valence-corrected chi connectivity index (χ2v) is 3.84. The summed E-state index contributed by atoms with van der Waals surface area (Å²) in [6.07, 6.45) is 1.93. The maximum atomic E-state index is 11.3. The minimum Gasteiger partial charge on any atom is -0.480 e. The van der Waals surface area contributed by atoms with Crippen molar-refractivity contribution < 1.29 is 14.7 Å². The molecule has 0 fully saturated rings. The fourth-order valence-corrected chi connectivity index (χ4v) is 1.09. The van der Waals surface area contributed by atoms with Gasteiger partial charge >= 0.3 is 5.97 Å². The molecule has 0 bridgehead atoms. The smallest absolute Gasteiger partial charge is 0.326 e. The van der Waals surface area contributed by atoms with Gasteiger partial charge in [0.15, 0.2) is 0 Å². The Kier molecular flexibility index (Phi) is 6.70. The van der Waals surface area contributed by atoms with E-state index in [1.807, 2.05) is 0 Å². The molecular weight excluding hydrogens is 196 g/mol. The number of carbonyl (C=O) groups is 2. The summed E-state index contributed by atoms with van der Waals surface area (Å²) < 4.78 is 0. The SMILES string of the molecule is CC(C)C(=O)NC(CCCCN)C(=O)O. The van der Waals surface area contributed by atoms with Gasteiger partial charge in [-0.05, 0) is 25.8 Å². The molecule has 0 rings (SSSR count). The molecule has 0 aromatic rings. The van der Waals surface area contributed by atoms with Crippen LogP contribution in [0.25, 0.3) is 0 Å². The molecule has 0 aliphatic heterocycles. The van der Waals surface area contributed by atoms with E-state index >= 15 is 0 Å². The van der Waals surface area contributed by atoms with Crippen LogP contribution in [0.15, 0.2) is 0 Å². The van der Waals surface area contributed by atoms with Crippen LogP contribution >= 0.6 is 0 Å². The van der Waals surface area contributed by atoms with Crippen LogP contribution < -0.4 is 11.1 Å². The summed E-state index contributed by atoms with van der Waals surface area (Å²) in [5.74, 6) is -1.41. The van der Waals surface area contributed by atoms with Gasteiger partial charge in [-0.25, -0.2) is 4.79 Å². The number of carbonyl (C=O) groups excluding carboxylic acids is 1. The summed E-state index contributed by atoms with van der Waals surface area (Å²) >= 11 is 0. The second-order valence-electron chi connectivity index (χ2n) is 3.84. The maximum Gasteiger partial charge on any atom is 0.326 e. The summed E-state index contributed by atoms with van der Waals surface area (Å²) in [7, 11) is 0. The Morgan fingerprint density at radius 2 is 1.93 bits per heavy atom. The van der Waals surface area contributed by atoms with Crippen LogP contribution in [-0.2, 0) is 9.59 Å². The lowest BCUT2D eigenvalue weighted by Crippen LogP contribution is -2.42. The van der Waals surface area contributed by atoms with Gasteiger partial charge in [0.05, 0.1) is 0 Å². The third-order valence-electron chi connectivity index (χ3n) is 2.09. The van der Waals surface area contributed by atoms with E-state index in [4.69, 9.17) is 10.8 Å². The Morgan fingerprint density at radius 3 is 2.33 bits per heavy atom. The van der Waals surface area contributed by atoms with Gasteiger partial charge in [-0.1, -0.05) is 13.8 Å². The molecule has 0 saturated heterocycles. The first-order valence-electron chi connectivity index (χ1n) is 5.22. The van der Waals surface area contributed by atoms with Crippen molar-refractivity contribution in [1.29, 1.82) is 0 Å². The van der Waals surface area contributed by atoms with Crippen molar-refractivity contribution in [2.24, 2.45) is 11.7 Å². The molecule has 0 aliphatic carbocycles. The highest BCUT2D eigenvalue weighted by molar-refractivity contribution is 5.84. The molecule has 5 nitrogen and oxygen atoms in total. The van der Waals surface area contributed by atoms with Crippen molar-refractivity contribution in [2.75, 3.05) is 6.54 Å². The average Bonchev–Trinajstić information content (AvgIpc) is 2.15. The van der Waals surface area contributed by atoms with Crippen LogP contribution in [0, 0.1) is 5.92 Å². The van der Waals surface area contributed by atoms with Gasteiger partial charge in [0.1, 0.15) is 6.04 Å². The van der Waals surface area contributed by atoms with Crippen LogP contribution in [0.2, 0.25) is 0 Å². The number of nitrogens with one attached hydrogen (secondary N) is 1. The molecule has 4 N–H and O–H groups in total. The van der Waals surface area contributed by atoms with Crippen molar-refractivity contribution in [3.63, 3.8) is 0 Å². The van der Waals surface area contributed by atoms with Crippen molar-refractivity contribution in [3.05, 3.63) is 0 Å². The molecular formula is C10H20N2O3. The van der Waals surface area contributed by atoms with E-state index in [0.29, 0.717) is 19.4 Å². The lowest BCUT2D eigenvalue weighted by Gasteiger charge is -2.15. The summed E-state index contributed by atoms with van der Waals surface area (Å²) in [5.41, 5.74) is 5.31. The minimum atomic E-state index is -0.985. The minimum absolute atomic E-state index is 0.193. The standard InChI is InChI=1S/C10H20N2O3/c1-7(2)9(13)12-8(10(14)15)5-3-4-6-11/h7-8H,3-6,11H2,1-2H3,(H,12,13)(H,14,15). The largest absolute Gasteiger partial charge is 0.480 e. The Morgan fingerprint density at radius 1 is 1.33 bits per heavy atom. The van der Waals surface area contributed by atoms with Gasteiger partial charge in [0, 0.05) is 5.92 Å². The summed E-state index contributed by atoms with van der Waals surface area (Å²) in [6, 6.07) is -0.786. The first kappa shape index (κ1) is 13.9. The number of unbranched alkanes of at least 4 members (excludes halogenated alkanes) is 1. The number of hydrogen-bond acceptors (Lipinski definition) is 3. The number of hydrogen-bond donors (Lipinski definition) is 3. The van der Waals surface area contributed by atoms with E-state index in [1.165, 1.54) is 0 Å². The van der Waals surface area contributed by atoms with Crippen molar-refractivity contribution >= 4 is 11.9 Å². The number of nitrogens with two attached hydrogens (primary N) is 1. The molecule has 0 aromatic heterocycles. The zero-order chi connectivity index (χ0) is 11.8. The molecule has 0 aliphatic rings. The maximum absolute atomic E-state index is 11.3. The molecule has 0 saturated carbocycles. The van der Waals surface area contributed by atoms with E-state index in [2.05, 4.69) is 5.32 Å². The van der Waals surface area contributed by atoms with Gasteiger partial charge in [-0.2, -0.15) is 0 Å². The molecule has 1 unspecified atom stereocenters.